The monoisotopic (exact) mass is 341 g/mol. The smallest absolute Gasteiger partial charge is 0.257 e. The molecule has 2 rings (SSSR count). The molecule has 0 fully saturated rings. The van der Waals surface area contributed by atoms with Gasteiger partial charge in [0.05, 0.1) is 36.1 Å². The van der Waals surface area contributed by atoms with E-state index < -0.39 is 0 Å². The number of hydrogen-bond donors (Lipinski definition) is 0. The molecule has 0 atom stereocenters. The molecule has 1 heterocycles. The number of halogens is 2. The van der Waals surface area contributed by atoms with Crippen LogP contribution < -0.4 is 4.74 Å². The summed E-state index contributed by atoms with van der Waals surface area (Å²) in [4.78, 5) is 14.2. The summed E-state index contributed by atoms with van der Waals surface area (Å²) in [5.74, 6) is 0.288. The Morgan fingerprint density at radius 2 is 2.14 bits per heavy atom. The molecule has 0 aliphatic rings. The third kappa shape index (κ3) is 3.36. The van der Waals surface area contributed by atoms with E-state index in [1.807, 2.05) is 6.92 Å². The molecule has 0 bridgehead atoms. The summed E-state index contributed by atoms with van der Waals surface area (Å²) >= 11 is 12.1. The van der Waals surface area contributed by atoms with E-state index in [1.54, 1.807) is 41.0 Å². The van der Waals surface area contributed by atoms with Crippen LogP contribution in [-0.2, 0) is 13.1 Å². The van der Waals surface area contributed by atoms with Gasteiger partial charge in [-0.1, -0.05) is 23.2 Å². The van der Waals surface area contributed by atoms with E-state index in [1.165, 1.54) is 7.11 Å². The van der Waals surface area contributed by atoms with Gasteiger partial charge in [0.2, 0.25) is 0 Å². The van der Waals surface area contributed by atoms with E-state index in [2.05, 4.69) is 5.10 Å². The lowest BCUT2D eigenvalue weighted by Gasteiger charge is -2.19. The first-order chi connectivity index (χ1) is 10.5. The minimum absolute atomic E-state index is 0.195. The van der Waals surface area contributed by atoms with Crippen molar-refractivity contribution in [2.24, 2.45) is 0 Å². The van der Waals surface area contributed by atoms with Gasteiger partial charge in [0.15, 0.2) is 0 Å². The van der Waals surface area contributed by atoms with Gasteiger partial charge in [0.1, 0.15) is 5.75 Å². The van der Waals surface area contributed by atoms with Crippen LogP contribution in [0.3, 0.4) is 0 Å². The van der Waals surface area contributed by atoms with Crippen LogP contribution in [0.4, 0.5) is 0 Å². The van der Waals surface area contributed by atoms with Crippen LogP contribution in [-0.4, -0.2) is 34.7 Å². The lowest BCUT2D eigenvalue weighted by atomic mass is 10.1. The molecule has 0 radical (unpaired) electrons. The molecular weight excluding hydrogens is 325 g/mol. The number of methoxy groups -OCH3 is 1. The van der Waals surface area contributed by atoms with Crippen LogP contribution in [0.25, 0.3) is 0 Å². The molecule has 0 spiro atoms. The second kappa shape index (κ2) is 7.03. The Labute approximate surface area is 139 Å². The number of aromatic nitrogens is 2. The minimum Gasteiger partial charge on any atom is -0.496 e. The number of benzene rings is 1. The van der Waals surface area contributed by atoms with Crippen molar-refractivity contribution in [2.45, 2.75) is 20.0 Å². The molecule has 118 valence electrons. The molecule has 0 unspecified atom stereocenters. The molecule has 0 saturated carbocycles. The molecule has 7 heteroatoms. The quantitative estimate of drug-likeness (QED) is 0.836. The van der Waals surface area contributed by atoms with E-state index in [0.717, 1.165) is 5.69 Å². The third-order valence-corrected chi connectivity index (χ3v) is 3.87. The number of carbonyl (C=O) groups is 1. The average Bonchev–Trinajstić information content (AvgIpc) is 2.86. The van der Waals surface area contributed by atoms with Crippen molar-refractivity contribution in [3.05, 3.63) is 45.7 Å². The fourth-order valence-electron chi connectivity index (χ4n) is 2.17. The highest BCUT2D eigenvalue weighted by molar-refractivity contribution is 6.31. The van der Waals surface area contributed by atoms with Gasteiger partial charge in [0.25, 0.3) is 5.91 Å². The van der Waals surface area contributed by atoms with Gasteiger partial charge in [-0.3, -0.25) is 9.48 Å². The van der Waals surface area contributed by atoms with Crippen LogP contribution in [0.1, 0.15) is 23.0 Å². The number of carbonyl (C=O) groups excluding carboxylic acids is 1. The zero-order chi connectivity index (χ0) is 16.3. The van der Waals surface area contributed by atoms with Gasteiger partial charge in [-0.2, -0.15) is 5.10 Å². The summed E-state index contributed by atoms with van der Waals surface area (Å²) in [7, 11) is 3.22. The summed E-state index contributed by atoms with van der Waals surface area (Å²) in [6, 6.07) is 4.95. The first kappa shape index (κ1) is 16.6. The summed E-state index contributed by atoms with van der Waals surface area (Å²) in [6.07, 6.45) is 1.58. The highest BCUT2D eigenvalue weighted by Gasteiger charge is 2.20. The first-order valence-corrected chi connectivity index (χ1v) is 7.52. The Morgan fingerprint density at radius 1 is 1.41 bits per heavy atom. The van der Waals surface area contributed by atoms with Crippen LogP contribution in [0, 0.1) is 0 Å². The predicted octanol–water partition coefficient (Wildman–Crippen LogP) is 3.49. The SMILES string of the molecule is CCn1ncc(Cl)c1CN(C)C(=O)c1cc(Cl)ccc1OC. The maximum Gasteiger partial charge on any atom is 0.257 e. The van der Waals surface area contributed by atoms with E-state index in [9.17, 15) is 4.79 Å². The Kier molecular flexibility index (Phi) is 5.32. The van der Waals surface area contributed by atoms with Crippen LogP contribution in [0.2, 0.25) is 10.0 Å². The molecule has 0 saturated heterocycles. The van der Waals surface area contributed by atoms with Gasteiger partial charge in [0, 0.05) is 18.6 Å². The Balaban J connectivity index is 2.26. The van der Waals surface area contributed by atoms with Gasteiger partial charge < -0.3 is 9.64 Å². The summed E-state index contributed by atoms with van der Waals surface area (Å²) in [5, 5.41) is 5.19. The molecule has 0 aliphatic heterocycles. The van der Waals surface area contributed by atoms with Crippen LogP contribution in [0.15, 0.2) is 24.4 Å². The van der Waals surface area contributed by atoms with Crippen molar-refractivity contribution in [2.75, 3.05) is 14.2 Å². The largest absolute Gasteiger partial charge is 0.496 e. The highest BCUT2D eigenvalue weighted by Crippen LogP contribution is 2.25. The molecule has 22 heavy (non-hydrogen) atoms. The molecule has 0 N–H and O–H groups in total. The highest BCUT2D eigenvalue weighted by atomic mass is 35.5. The van der Waals surface area contributed by atoms with Gasteiger partial charge >= 0.3 is 0 Å². The number of aryl methyl sites for hydroxylation is 1. The van der Waals surface area contributed by atoms with Crippen molar-refractivity contribution in [1.82, 2.24) is 14.7 Å². The lowest BCUT2D eigenvalue weighted by molar-refractivity contribution is 0.0778. The van der Waals surface area contributed by atoms with Crippen molar-refractivity contribution < 1.29 is 9.53 Å². The number of nitrogens with zero attached hydrogens (tertiary/aromatic N) is 3. The molecule has 1 aromatic carbocycles. The van der Waals surface area contributed by atoms with Gasteiger partial charge in [-0.15, -0.1) is 0 Å². The van der Waals surface area contributed by atoms with Gasteiger partial charge in [-0.05, 0) is 25.1 Å². The third-order valence-electron chi connectivity index (χ3n) is 3.32. The second-order valence-corrected chi connectivity index (χ2v) is 5.60. The maximum atomic E-state index is 12.6. The summed E-state index contributed by atoms with van der Waals surface area (Å²) in [6.45, 7) is 3.00. The van der Waals surface area contributed by atoms with Crippen molar-refractivity contribution >= 4 is 29.1 Å². The molecule has 5 nitrogen and oxygen atoms in total. The average molecular weight is 342 g/mol. The lowest BCUT2D eigenvalue weighted by Crippen LogP contribution is -2.28. The minimum atomic E-state index is -0.195. The van der Waals surface area contributed by atoms with E-state index in [0.29, 0.717) is 34.4 Å². The fraction of sp³-hybridized carbons (Fsp3) is 0.333. The Bertz CT molecular complexity index is 685. The normalized spacial score (nSPS) is 10.6. The summed E-state index contributed by atoms with van der Waals surface area (Å²) < 4.78 is 6.99. The van der Waals surface area contributed by atoms with Gasteiger partial charge in [-0.25, -0.2) is 0 Å². The number of hydrogen-bond acceptors (Lipinski definition) is 3. The first-order valence-electron chi connectivity index (χ1n) is 6.77. The molecule has 0 aliphatic carbocycles. The van der Waals surface area contributed by atoms with Crippen molar-refractivity contribution in [1.29, 1.82) is 0 Å². The second-order valence-electron chi connectivity index (χ2n) is 4.76. The summed E-state index contributed by atoms with van der Waals surface area (Å²) in [5.41, 5.74) is 1.21. The zero-order valence-electron chi connectivity index (χ0n) is 12.6. The molecule has 1 aromatic heterocycles. The van der Waals surface area contributed by atoms with Crippen molar-refractivity contribution in [3.63, 3.8) is 0 Å². The standard InChI is InChI=1S/C15H17Cl2N3O2/c1-4-20-13(12(17)8-18-20)9-19(2)15(21)11-7-10(16)5-6-14(11)22-3/h5-8H,4,9H2,1-3H3. The molecule has 1 amide bonds. The topological polar surface area (TPSA) is 47.4 Å². The van der Waals surface area contributed by atoms with Crippen LogP contribution >= 0.6 is 23.2 Å². The zero-order valence-corrected chi connectivity index (χ0v) is 14.1. The Morgan fingerprint density at radius 3 is 2.77 bits per heavy atom. The number of rotatable bonds is 5. The van der Waals surface area contributed by atoms with E-state index >= 15 is 0 Å². The van der Waals surface area contributed by atoms with E-state index in [-0.39, 0.29) is 5.91 Å². The Hall–Kier alpha value is -1.72. The molecule has 2 aromatic rings. The van der Waals surface area contributed by atoms with E-state index in [4.69, 9.17) is 27.9 Å². The fourth-order valence-corrected chi connectivity index (χ4v) is 2.54. The number of ether oxygens (including phenoxy) is 1. The van der Waals surface area contributed by atoms with Crippen molar-refractivity contribution in [3.8, 4) is 5.75 Å². The number of amides is 1. The molecular formula is C15H17Cl2N3O2. The maximum absolute atomic E-state index is 12.6. The predicted molar refractivity (Wildman–Crippen MR) is 86.7 cm³/mol. The van der Waals surface area contributed by atoms with Crippen LogP contribution in [0.5, 0.6) is 5.75 Å².